The molecule has 1 aromatic rings. The van der Waals surface area contributed by atoms with Crippen molar-refractivity contribution in [3.05, 3.63) is 34.6 Å². The van der Waals surface area contributed by atoms with Gasteiger partial charge in [0, 0.05) is 17.1 Å². The highest BCUT2D eigenvalue weighted by atomic mass is 35.5. The molecule has 1 N–H and O–H groups in total. The molecule has 6 heteroatoms. The summed E-state index contributed by atoms with van der Waals surface area (Å²) >= 11 is 5.62. The number of benzene rings is 1. The van der Waals surface area contributed by atoms with Crippen molar-refractivity contribution in [2.24, 2.45) is 0 Å². The number of nitrogens with one attached hydrogen (secondary N) is 1. The second-order valence-corrected chi connectivity index (χ2v) is 5.10. The van der Waals surface area contributed by atoms with Gasteiger partial charge in [-0.3, -0.25) is 0 Å². The van der Waals surface area contributed by atoms with E-state index in [1.165, 1.54) is 18.2 Å². The van der Waals surface area contributed by atoms with Crippen molar-refractivity contribution in [3.8, 4) is 0 Å². The van der Waals surface area contributed by atoms with E-state index in [-0.39, 0.29) is 12.1 Å². The Labute approximate surface area is 86.9 Å². The van der Waals surface area contributed by atoms with Gasteiger partial charge in [0.05, 0.1) is 6.26 Å². The molecule has 0 unspecified atom stereocenters. The van der Waals surface area contributed by atoms with E-state index >= 15 is 0 Å². The van der Waals surface area contributed by atoms with Crippen LogP contribution in [0.15, 0.2) is 18.2 Å². The Hall–Kier alpha value is -0.650. The molecule has 0 heterocycles. The van der Waals surface area contributed by atoms with Gasteiger partial charge in [-0.2, -0.15) is 0 Å². The second-order valence-electron chi connectivity index (χ2n) is 2.83. The quantitative estimate of drug-likeness (QED) is 0.867. The Kier molecular flexibility index (Phi) is 3.47. The summed E-state index contributed by atoms with van der Waals surface area (Å²) in [5.74, 6) is -0.481. The monoisotopic (exact) mass is 237 g/mol. The number of hydrogen-bond acceptors (Lipinski definition) is 2. The molecule has 0 aromatic heterocycles. The third kappa shape index (κ3) is 3.61. The molecule has 1 aromatic carbocycles. The van der Waals surface area contributed by atoms with E-state index < -0.39 is 15.8 Å². The van der Waals surface area contributed by atoms with Crippen LogP contribution >= 0.6 is 11.6 Å². The minimum absolute atomic E-state index is 0.0920. The SMILES string of the molecule is CS(=O)(=O)NCc1cc(Cl)ccc1F. The molecule has 0 aliphatic heterocycles. The Balaban J connectivity index is 2.81. The van der Waals surface area contributed by atoms with E-state index in [0.717, 1.165) is 6.26 Å². The number of sulfonamides is 1. The highest BCUT2D eigenvalue weighted by Crippen LogP contribution is 2.14. The smallest absolute Gasteiger partial charge is 0.209 e. The average Bonchev–Trinajstić information content (AvgIpc) is 2.05. The molecule has 0 amide bonds. The maximum absolute atomic E-state index is 13.1. The summed E-state index contributed by atoms with van der Waals surface area (Å²) in [7, 11) is -3.31. The van der Waals surface area contributed by atoms with Gasteiger partial charge in [0.25, 0.3) is 0 Å². The van der Waals surface area contributed by atoms with Crippen LogP contribution in [0.2, 0.25) is 5.02 Å². The number of hydrogen-bond donors (Lipinski definition) is 1. The van der Waals surface area contributed by atoms with Crippen molar-refractivity contribution in [3.63, 3.8) is 0 Å². The number of rotatable bonds is 3. The summed E-state index contributed by atoms with van der Waals surface area (Å²) in [5.41, 5.74) is 0.225. The number of halogens is 2. The van der Waals surface area contributed by atoms with E-state index in [1.54, 1.807) is 0 Å². The first-order valence-electron chi connectivity index (χ1n) is 3.77. The molecule has 0 aliphatic rings. The molecule has 14 heavy (non-hydrogen) atoms. The summed E-state index contributed by atoms with van der Waals surface area (Å²) in [5, 5.41) is 0.372. The summed E-state index contributed by atoms with van der Waals surface area (Å²) < 4.78 is 36.7. The largest absolute Gasteiger partial charge is 0.213 e. The van der Waals surface area contributed by atoms with E-state index in [0.29, 0.717) is 5.02 Å². The lowest BCUT2D eigenvalue weighted by atomic mass is 10.2. The molecule has 0 radical (unpaired) electrons. The maximum Gasteiger partial charge on any atom is 0.209 e. The Morgan fingerprint density at radius 3 is 2.71 bits per heavy atom. The standard InChI is InChI=1S/C8H9ClFNO2S/c1-14(12,13)11-5-6-4-7(9)2-3-8(6)10/h2-4,11H,5H2,1H3. The molecule has 1 rings (SSSR count). The van der Waals surface area contributed by atoms with Crippen molar-refractivity contribution in [2.45, 2.75) is 6.54 Å². The van der Waals surface area contributed by atoms with Gasteiger partial charge in [-0.05, 0) is 18.2 Å². The Bertz CT molecular complexity index is 433. The average molecular weight is 238 g/mol. The maximum atomic E-state index is 13.1. The third-order valence-corrected chi connectivity index (χ3v) is 2.44. The van der Waals surface area contributed by atoms with E-state index in [1.807, 2.05) is 0 Å². The summed E-state index contributed by atoms with van der Waals surface area (Å²) in [4.78, 5) is 0. The van der Waals surface area contributed by atoms with Gasteiger partial charge >= 0.3 is 0 Å². The lowest BCUT2D eigenvalue weighted by Crippen LogP contribution is -2.21. The van der Waals surface area contributed by atoms with Gasteiger partial charge in [-0.15, -0.1) is 0 Å². The first-order valence-corrected chi connectivity index (χ1v) is 6.04. The van der Waals surface area contributed by atoms with Crippen LogP contribution in [0.3, 0.4) is 0 Å². The molecule has 78 valence electrons. The molecule has 0 bridgehead atoms. The predicted molar refractivity (Wildman–Crippen MR) is 53.1 cm³/mol. The van der Waals surface area contributed by atoms with Crippen molar-refractivity contribution < 1.29 is 12.8 Å². The van der Waals surface area contributed by atoms with Gasteiger partial charge in [-0.1, -0.05) is 11.6 Å². The van der Waals surface area contributed by atoms with Crippen molar-refractivity contribution in [1.82, 2.24) is 4.72 Å². The fraction of sp³-hybridized carbons (Fsp3) is 0.250. The second kappa shape index (κ2) is 4.25. The van der Waals surface area contributed by atoms with Crippen LogP contribution in [-0.2, 0) is 16.6 Å². The van der Waals surface area contributed by atoms with Crippen molar-refractivity contribution in [2.75, 3.05) is 6.26 Å². The molecule has 3 nitrogen and oxygen atoms in total. The van der Waals surface area contributed by atoms with Gasteiger partial charge in [-0.25, -0.2) is 17.5 Å². The van der Waals surface area contributed by atoms with Crippen LogP contribution in [0.25, 0.3) is 0 Å². The zero-order valence-electron chi connectivity index (χ0n) is 7.42. The molecular weight excluding hydrogens is 229 g/mol. The van der Waals surface area contributed by atoms with Crippen LogP contribution in [0.1, 0.15) is 5.56 Å². The minimum Gasteiger partial charge on any atom is -0.213 e. The summed E-state index contributed by atoms with van der Waals surface area (Å²) in [6.45, 7) is -0.0920. The van der Waals surface area contributed by atoms with E-state index in [4.69, 9.17) is 11.6 Å². The van der Waals surface area contributed by atoms with E-state index in [2.05, 4.69) is 4.72 Å². The van der Waals surface area contributed by atoms with Crippen LogP contribution in [-0.4, -0.2) is 14.7 Å². The summed E-state index contributed by atoms with van der Waals surface area (Å²) in [6, 6.07) is 3.98. The van der Waals surface area contributed by atoms with Crippen LogP contribution in [0.4, 0.5) is 4.39 Å². The molecule has 0 aliphatic carbocycles. The van der Waals surface area contributed by atoms with Gasteiger partial charge in [0.15, 0.2) is 0 Å². The normalized spacial score (nSPS) is 11.6. The predicted octanol–water partition coefficient (Wildman–Crippen LogP) is 1.53. The lowest BCUT2D eigenvalue weighted by molar-refractivity contribution is 0.579. The van der Waals surface area contributed by atoms with Crippen LogP contribution in [0, 0.1) is 5.82 Å². The topological polar surface area (TPSA) is 46.2 Å². The van der Waals surface area contributed by atoms with Gasteiger partial charge in [0.2, 0.25) is 10.0 Å². The first kappa shape index (κ1) is 11.4. The fourth-order valence-electron chi connectivity index (χ4n) is 0.888. The molecule has 0 saturated carbocycles. The van der Waals surface area contributed by atoms with Gasteiger partial charge < -0.3 is 0 Å². The Morgan fingerprint density at radius 1 is 1.50 bits per heavy atom. The lowest BCUT2D eigenvalue weighted by Gasteiger charge is -2.04. The van der Waals surface area contributed by atoms with E-state index in [9.17, 15) is 12.8 Å². The van der Waals surface area contributed by atoms with Crippen molar-refractivity contribution in [1.29, 1.82) is 0 Å². The highest BCUT2D eigenvalue weighted by Gasteiger charge is 2.05. The molecule has 0 spiro atoms. The minimum atomic E-state index is -3.31. The molecule has 0 saturated heterocycles. The molecular formula is C8H9ClFNO2S. The zero-order chi connectivity index (χ0) is 10.8. The molecule has 0 fully saturated rings. The van der Waals surface area contributed by atoms with Gasteiger partial charge in [0.1, 0.15) is 5.82 Å². The summed E-state index contributed by atoms with van der Waals surface area (Å²) in [6.07, 6.45) is 1.01. The fourth-order valence-corrected chi connectivity index (χ4v) is 1.50. The first-order chi connectivity index (χ1) is 6.38. The highest BCUT2D eigenvalue weighted by molar-refractivity contribution is 7.88. The Morgan fingerprint density at radius 2 is 2.14 bits per heavy atom. The van der Waals surface area contributed by atoms with Crippen LogP contribution < -0.4 is 4.72 Å². The van der Waals surface area contributed by atoms with Crippen molar-refractivity contribution >= 4 is 21.6 Å². The zero-order valence-corrected chi connectivity index (χ0v) is 8.99. The third-order valence-electron chi connectivity index (χ3n) is 1.53. The molecule has 0 atom stereocenters. The van der Waals surface area contributed by atoms with Crippen LogP contribution in [0.5, 0.6) is 0 Å².